The van der Waals surface area contributed by atoms with Crippen molar-refractivity contribution in [2.45, 2.75) is 19.0 Å². The maximum absolute atomic E-state index is 12.2. The van der Waals surface area contributed by atoms with Crippen molar-refractivity contribution in [2.75, 3.05) is 12.5 Å². The summed E-state index contributed by atoms with van der Waals surface area (Å²) in [6.07, 6.45) is -0.0103. The normalized spacial score (nSPS) is 12.5. The van der Waals surface area contributed by atoms with E-state index in [0.717, 1.165) is 0 Å². The summed E-state index contributed by atoms with van der Waals surface area (Å²) >= 11 is 5.38. The third-order valence-electron chi connectivity index (χ3n) is 2.42. The van der Waals surface area contributed by atoms with Gasteiger partial charge in [-0.05, 0) is 6.07 Å². The lowest BCUT2D eigenvalue weighted by atomic mass is 9.94. The first-order valence-electron chi connectivity index (χ1n) is 5.30. The number of hydrogen-bond acceptors (Lipinski definition) is 3. The first-order chi connectivity index (χ1) is 8.58. The van der Waals surface area contributed by atoms with E-state index in [2.05, 4.69) is 4.74 Å². The van der Waals surface area contributed by atoms with Crippen LogP contribution in [0.3, 0.4) is 0 Å². The lowest BCUT2D eigenvalue weighted by Gasteiger charge is -2.17. The van der Waals surface area contributed by atoms with Crippen LogP contribution in [0.5, 0.6) is 5.75 Å². The Labute approximate surface area is 108 Å². The minimum atomic E-state index is -2.95. The van der Waals surface area contributed by atoms with Gasteiger partial charge in [0.1, 0.15) is 11.5 Å². The highest BCUT2D eigenvalue weighted by Crippen LogP contribution is 2.30. The fourth-order valence-corrected chi connectivity index (χ4v) is 1.73. The fraction of sp³-hybridized carbons (Fsp3) is 0.417. The molecule has 1 atom stereocenters. The van der Waals surface area contributed by atoms with Crippen LogP contribution in [0.25, 0.3) is 0 Å². The van der Waals surface area contributed by atoms with Gasteiger partial charge >= 0.3 is 6.61 Å². The summed E-state index contributed by atoms with van der Waals surface area (Å²) in [6, 6.07) is 6.08. The topological polar surface area (TPSA) is 46.5 Å². The van der Waals surface area contributed by atoms with Crippen molar-refractivity contribution in [1.82, 2.24) is 0 Å². The first kappa shape index (κ1) is 14.9. The van der Waals surface area contributed by atoms with Gasteiger partial charge in [-0.25, -0.2) is 0 Å². The number of para-hydroxylation sites is 1. The van der Waals surface area contributed by atoms with E-state index < -0.39 is 12.5 Å². The Morgan fingerprint density at radius 1 is 1.39 bits per heavy atom. The molecular formula is C12H13ClF2O3. The predicted octanol–water partition coefficient (Wildman–Crippen LogP) is 2.56. The number of benzene rings is 1. The molecule has 0 aliphatic rings. The van der Waals surface area contributed by atoms with Crippen molar-refractivity contribution in [2.24, 2.45) is 0 Å². The van der Waals surface area contributed by atoms with E-state index in [-0.39, 0.29) is 30.4 Å². The van der Waals surface area contributed by atoms with Crippen LogP contribution in [-0.2, 0) is 4.79 Å². The Kier molecular flexibility index (Phi) is 6.01. The second-order valence-corrected chi connectivity index (χ2v) is 3.94. The molecule has 3 nitrogen and oxygen atoms in total. The van der Waals surface area contributed by atoms with Crippen LogP contribution < -0.4 is 4.74 Å². The minimum Gasteiger partial charge on any atom is -0.435 e. The Morgan fingerprint density at radius 3 is 2.61 bits per heavy atom. The number of ketones is 1. The molecule has 0 fully saturated rings. The van der Waals surface area contributed by atoms with Gasteiger partial charge in [0, 0.05) is 17.9 Å². The quantitative estimate of drug-likeness (QED) is 0.780. The van der Waals surface area contributed by atoms with Gasteiger partial charge in [0.15, 0.2) is 0 Å². The van der Waals surface area contributed by atoms with Crippen molar-refractivity contribution in [3.63, 3.8) is 0 Å². The number of aliphatic hydroxyl groups is 1. The molecule has 0 unspecified atom stereocenters. The van der Waals surface area contributed by atoms with Crippen molar-refractivity contribution in [1.29, 1.82) is 0 Å². The summed E-state index contributed by atoms with van der Waals surface area (Å²) in [5.74, 6) is -1.06. The SMILES string of the molecule is O=C(CCl)C[C@H](CO)c1ccccc1OC(F)F. The molecule has 6 heteroatoms. The molecule has 0 heterocycles. The van der Waals surface area contributed by atoms with Crippen LogP contribution in [0, 0.1) is 0 Å². The smallest absolute Gasteiger partial charge is 0.387 e. The van der Waals surface area contributed by atoms with E-state index in [4.69, 9.17) is 11.6 Å². The molecular weight excluding hydrogens is 266 g/mol. The van der Waals surface area contributed by atoms with Gasteiger partial charge in [-0.15, -0.1) is 11.6 Å². The molecule has 18 heavy (non-hydrogen) atoms. The summed E-state index contributed by atoms with van der Waals surface area (Å²) in [5, 5.41) is 9.24. The van der Waals surface area contributed by atoms with Crippen LogP contribution in [0.2, 0.25) is 0 Å². The molecule has 0 saturated carbocycles. The molecule has 0 saturated heterocycles. The summed E-state index contributed by atoms with van der Waals surface area (Å²) in [5.41, 5.74) is 0.374. The molecule has 1 aromatic carbocycles. The highest BCUT2D eigenvalue weighted by atomic mass is 35.5. The van der Waals surface area contributed by atoms with Crippen molar-refractivity contribution in [3.05, 3.63) is 29.8 Å². The van der Waals surface area contributed by atoms with E-state index >= 15 is 0 Å². The molecule has 0 aliphatic heterocycles. The zero-order valence-corrected chi connectivity index (χ0v) is 10.2. The summed E-state index contributed by atoms with van der Waals surface area (Å²) in [4.78, 5) is 11.3. The zero-order chi connectivity index (χ0) is 13.5. The van der Waals surface area contributed by atoms with Gasteiger partial charge in [-0.2, -0.15) is 8.78 Å². The summed E-state index contributed by atoms with van der Waals surface area (Å²) in [7, 11) is 0. The molecule has 0 bridgehead atoms. The van der Waals surface area contributed by atoms with Crippen LogP contribution in [-0.4, -0.2) is 30.0 Å². The molecule has 0 aromatic heterocycles. The number of rotatable bonds is 7. The van der Waals surface area contributed by atoms with Gasteiger partial charge in [-0.3, -0.25) is 4.79 Å². The van der Waals surface area contributed by atoms with Crippen LogP contribution in [0.15, 0.2) is 24.3 Å². The van der Waals surface area contributed by atoms with Crippen molar-refractivity contribution >= 4 is 17.4 Å². The molecule has 0 aliphatic carbocycles. The fourth-order valence-electron chi connectivity index (χ4n) is 1.62. The minimum absolute atomic E-state index is 0.0103. The molecule has 0 radical (unpaired) electrons. The average molecular weight is 279 g/mol. The number of hydrogen-bond donors (Lipinski definition) is 1. The Hall–Kier alpha value is -1.20. The number of carbonyl (C=O) groups is 1. The van der Waals surface area contributed by atoms with Gasteiger partial charge in [0.05, 0.1) is 12.5 Å². The number of halogens is 3. The monoisotopic (exact) mass is 278 g/mol. The average Bonchev–Trinajstić information content (AvgIpc) is 2.36. The Bertz CT molecular complexity index is 399. The lowest BCUT2D eigenvalue weighted by Crippen LogP contribution is -2.14. The molecule has 1 N–H and O–H groups in total. The predicted molar refractivity (Wildman–Crippen MR) is 63.2 cm³/mol. The van der Waals surface area contributed by atoms with Gasteiger partial charge in [0.2, 0.25) is 0 Å². The Balaban J connectivity index is 2.93. The van der Waals surface area contributed by atoms with Crippen LogP contribution >= 0.6 is 11.6 Å². The lowest BCUT2D eigenvalue weighted by molar-refractivity contribution is -0.117. The number of ether oxygens (including phenoxy) is 1. The van der Waals surface area contributed by atoms with Crippen molar-refractivity contribution in [3.8, 4) is 5.75 Å². The molecule has 1 aromatic rings. The van der Waals surface area contributed by atoms with E-state index in [9.17, 15) is 18.7 Å². The maximum Gasteiger partial charge on any atom is 0.387 e. The third kappa shape index (κ3) is 4.23. The van der Waals surface area contributed by atoms with E-state index in [1.165, 1.54) is 6.07 Å². The third-order valence-corrected chi connectivity index (χ3v) is 2.72. The largest absolute Gasteiger partial charge is 0.435 e. The maximum atomic E-state index is 12.2. The number of carbonyl (C=O) groups excluding carboxylic acids is 1. The van der Waals surface area contributed by atoms with Gasteiger partial charge < -0.3 is 9.84 Å². The summed E-state index contributed by atoms with van der Waals surface area (Å²) < 4.78 is 28.8. The Morgan fingerprint density at radius 2 is 2.06 bits per heavy atom. The molecule has 0 spiro atoms. The highest BCUT2D eigenvalue weighted by Gasteiger charge is 2.20. The summed E-state index contributed by atoms with van der Waals surface area (Å²) in [6.45, 7) is -3.29. The van der Waals surface area contributed by atoms with E-state index in [1.54, 1.807) is 18.2 Å². The van der Waals surface area contributed by atoms with Crippen LogP contribution in [0.4, 0.5) is 8.78 Å². The zero-order valence-electron chi connectivity index (χ0n) is 9.48. The molecule has 0 amide bonds. The molecule has 1 rings (SSSR count). The van der Waals surface area contributed by atoms with E-state index in [1.807, 2.05) is 0 Å². The highest BCUT2D eigenvalue weighted by molar-refractivity contribution is 6.27. The number of alkyl halides is 3. The standard InChI is InChI=1S/C12H13ClF2O3/c13-6-9(17)5-8(7-16)10-3-1-2-4-11(10)18-12(14)15/h1-4,8,12,16H,5-7H2/t8-/m1/s1. The van der Waals surface area contributed by atoms with Gasteiger partial charge in [-0.1, -0.05) is 18.2 Å². The second-order valence-electron chi connectivity index (χ2n) is 3.67. The van der Waals surface area contributed by atoms with Crippen molar-refractivity contribution < 1.29 is 23.4 Å². The first-order valence-corrected chi connectivity index (χ1v) is 5.84. The van der Waals surface area contributed by atoms with Crippen LogP contribution in [0.1, 0.15) is 17.9 Å². The number of aliphatic hydroxyl groups excluding tert-OH is 1. The number of Topliss-reactive ketones (excluding diaryl/α,β-unsaturated/α-hetero) is 1. The van der Waals surface area contributed by atoms with E-state index in [0.29, 0.717) is 5.56 Å². The van der Waals surface area contributed by atoms with Gasteiger partial charge in [0.25, 0.3) is 0 Å². The second kappa shape index (κ2) is 7.28. The molecule has 100 valence electrons.